The third-order valence-corrected chi connectivity index (χ3v) is 1.22. The van der Waals surface area contributed by atoms with Crippen LogP contribution in [-0.2, 0) is 9.59 Å². The van der Waals surface area contributed by atoms with Crippen LogP contribution in [0, 0.1) is 13.8 Å². The van der Waals surface area contributed by atoms with Crippen molar-refractivity contribution in [3.8, 4) is 0 Å². The van der Waals surface area contributed by atoms with Gasteiger partial charge in [0.1, 0.15) is 0 Å². The molecule has 1 rings (SSSR count). The van der Waals surface area contributed by atoms with Gasteiger partial charge in [0.15, 0.2) is 0 Å². The van der Waals surface area contributed by atoms with E-state index in [0.29, 0.717) is 0 Å². The smallest absolute Gasteiger partial charge is 0.186 e. The van der Waals surface area contributed by atoms with E-state index in [1.54, 1.807) is 0 Å². The number of rotatable bonds is 0. The fraction of sp³-hybridized carbons (Fsp3) is 0.222. The van der Waals surface area contributed by atoms with Gasteiger partial charge in [-0.1, -0.05) is 35.4 Å². The van der Waals surface area contributed by atoms with Crippen molar-refractivity contribution in [1.82, 2.24) is 0 Å². The lowest BCUT2D eigenvalue weighted by Crippen LogP contribution is -1.70. The lowest BCUT2D eigenvalue weighted by molar-refractivity contribution is -0.191. The Balaban J connectivity index is 0.000000292. The van der Waals surface area contributed by atoms with Crippen LogP contribution in [-0.4, -0.2) is 6.15 Å². The summed E-state index contributed by atoms with van der Waals surface area (Å²) < 4.78 is 0. The summed E-state index contributed by atoms with van der Waals surface area (Å²) in [6.07, 6.45) is 0.250. The number of carbonyl (C=O) groups excluding carboxylic acids is 2. The van der Waals surface area contributed by atoms with Gasteiger partial charge in [-0.3, -0.25) is 0 Å². The van der Waals surface area contributed by atoms with Gasteiger partial charge >= 0.3 is 6.15 Å². The van der Waals surface area contributed by atoms with E-state index in [0.717, 1.165) is 0 Å². The first-order valence-electron chi connectivity index (χ1n) is 3.23. The molecule has 11 heavy (non-hydrogen) atoms. The molecular formula is C9H10O2. The topological polar surface area (TPSA) is 34.1 Å². The predicted molar refractivity (Wildman–Crippen MR) is 40.9 cm³/mol. The van der Waals surface area contributed by atoms with Gasteiger partial charge in [-0.2, -0.15) is 9.59 Å². The van der Waals surface area contributed by atoms with Gasteiger partial charge in [0.2, 0.25) is 0 Å². The highest BCUT2D eigenvalue weighted by molar-refractivity contribution is 5.20. The Morgan fingerprint density at radius 2 is 1.09 bits per heavy atom. The molecule has 1 aromatic carbocycles. The molecule has 0 spiro atoms. The SMILES string of the molecule is Cc1ccc(C)cc1.O=C=O. The van der Waals surface area contributed by atoms with Crippen molar-refractivity contribution >= 4 is 6.15 Å². The highest BCUT2D eigenvalue weighted by Gasteiger charge is 1.79. The van der Waals surface area contributed by atoms with Gasteiger partial charge in [0.25, 0.3) is 0 Å². The van der Waals surface area contributed by atoms with Gasteiger partial charge in [0.05, 0.1) is 0 Å². The minimum absolute atomic E-state index is 0.250. The van der Waals surface area contributed by atoms with Crippen LogP contribution in [0.5, 0.6) is 0 Å². The highest BCUT2D eigenvalue weighted by Crippen LogP contribution is 1.99. The van der Waals surface area contributed by atoms with Gasteiger partial charge in [-0.05, 0) is 13.8 Å². The van der Waals surface area contributed by atoms with E-state index in [1.165, 1.54) is 11.1 Å². The fourth-order valence-electron chi connectivity index (χ4n) is 0.637. The zero-order valence-electron chi connectivity index (χ0n) is 6.63. The van der Waals surface area contributed by atoms with Crippen LogP contribution < -0.4 is 0 Å². The summed E-state index contributed by atoms with van der Waals surface area (Å²) in [7, 11) is 0. The lowest BCUT2D eigenvalue weighted by atomic mass is 10.2. The molecule has 0 amide bonds. The minimum Gasteiger partial charge on any atom is -0.186 e. The van der Waals surface area contributed by atoms with Crippen LogP contribution >= 0.6 is 0 Å². The average Bonchev–Trinajstić information content (AvgIpc) is 1.97. The quantitative estimate of drug-likeness (QED) is 0.564. The minimum atomic E-state index is 0.250. The molecule has 0 aliphatic carbocycles. The highest BCUT2D eigenvalue weighted by atomic mass is 16.2. The predicted octanol–water partition coefficient (Wildman–Crippen LogP) is 1.72. The lowest BCUT2D eigenvalue weighted by Gasteiger charge is -1.90. The first kappa shape index (κ1) is 9.60. The summed E-state index contributed by atoms with van der Waals surface area (Å²) in [6, 6.07) is 8.48. The zero-order chi connectivity index (χ0) is 8.69. The normalized spacial score (nSPS) is 7.45. The standard InChI is InChI=1S/C8H10.CO2/c1-7-3-5-8(2)6-4-7;2-1-3/h3-6H,1-2H3;. The Kier molecular flexibility index (Phi) is 4.70. The van der Waals surface area contributed by atoms with Crippen molar-refractivity contribution in [1.29, 1.82) is 0 Å². The molecule has 0 unspecified atom stereocenters. The van der Waals surface area contributed by atoms with Crippen LogP contribution in [0.4, 0.5) is 0 Å². The van der Waals surface area contributed by atoms with Crippen molar-refractivity contribution in [3.63, 3.8) is 0 Å². The van der Waals surface area contributed by atoms with Crippen molar-refractivity contribution in [2.45, 2.75) is 13.8 Å². The van der Waals surface area contributed by atoms with E-state index >= 15 is 0 Å². The Morgan fingerprint density at radius 3 is 1.27 bits per heavy atom. The van der Waals surface area contributed by atoms with Crippen molar-refractivity contribution in [2.75, 3.05) is 0 Å². The molecule has 0 saturated carbocycles. The van der Waals surface area contributed by atoms with Crippen LogP contribution in [0.25, 0.3) is 0 Å². The molecule has 2 heteroatoms. The molecule has 0 heterocycles. The van der Waals surface area contributed by atoms with E-state index in [4.69, 9.17) is 9.59 Å². The van der Waals surface area contributed by atoms with E-state index in [1.807, 2.05) is 0 Å². The zero-order valence-corrected chi connectivity index (χ0v) is 6.63. The van der Waals surface area contributed by atoms with Crippen LogP contribution in [0.1, 0.15) is 11.1 Å². The second kappa shape index (κ2) is 5.39. The molecule has 58 valence electrons. The maximum atomic E-state index is 8.12. The molecule has 0 atom stereocenters. The van der Waals surface area contributed by atoms with Gasteiger partial charge in [-0.25, -0.2) is 0 Å². The molecule has 2 nitrogen and oxygen atoms in total. The molecule has 0 aliphatic heterocycles. The molecule has 0 bridgehead atoms. The molecule has 0 aliphatic rings. The van der Waals surface area contributed by atoms with Crippen molar-refractivity contribution in [3.05, 3.63) is 35.4 Å². The van der Waals surface area contributed by atoms with E-state index in [-0.39, 0.29) is 6.15 Å². The third-order valence-electron chi connectivity index (χ3n) is 1.22. The second-order valence-electron chi connectivity index (χ2n) is 2.24. The Hall–Kier alpha value is -1.40. The second-order valence-corrected chi connectivity index (χ2v) is 2.24. The van der Waals surface area contributed by atoms with E-state index < -0.39 is 0 Å². The maximum Gasteiger partial charge on any atom is 0.373 e. The molecule has 0 radical (unpaired) electrons. The Morgan fingerprint density at radius 1 is 0.909 bits per heavy atom. The summed E-state index contributed by atoms with van der Waals surface area (Å²) >= 11 is 0. The third kappa shape index (κ3) is 5.07. The van der Waals surface area contributed by atoms with E-state index in [2.05, 4.69) is 38.1 Å². The van der Waals surface area contributed by atoms with Crippen LogP contribution in [0.2, 0.25) is 0 Å². The van der Waals surface area contributed by atoms with Crippen molar-refractivity contribution in [2.24, 2.45) is 0 Å². The summed E-state index contributed by atoms with van der Waals surface area (Å²) in [5.74, 6) is 0. The maximum absolute atomic E-state index is 8.12. The Labute approximate surface area is 65.9 Å². The van der Waals surface area contributed by atoms with E-state index in [9.17, 15) is 0 Å². The number of aryl methyl sites for hydroxylation is 2. The van der Waals surface area contributed by atoms with Crippen LogP contribution in [0.15, 0.2) is 24.3 Å². The number of hydrogen-bond donors (Lipinski definition) is 0. The molecule has 0 saturated heterocycles. The fourth-order valence-corrected chi connectivity index (χ4v) is 0.637. The summed E-state index contributed by atoms with van der Waals surface area (Å²) in [4.78, 5) is 16.2. The van der Waals surface area contributed by atoms with Gasteiger partial charge < -0.3 is 0 Å². The van der Waals surface area contributed by atoms with Crippen LogP contribution in [0.3, 0.4) is 0 Å². The first-order valence-corrected chi connectivity index (χ1v) is 3.23. The molecule has 0 N–H and O–H groups in total. The monoisotopic (exact) mass is 150 g/mol. The first-order chi connectivity index (χ1) is 5.20. The van der Waals surface area contributed by atoms with Gasteiger partial charge in [0, 0.05) is 0 Å². The Bertz CT molecular complexity index is 209. The summed E-state index contributed by atoms with van der Waals surface area (Å²) in [5.41, 5.74) is 2.66. The van der Waals surface area contributed by atoms with Gasteiger partial charge in [-0.15, -0.1) is 0 Å². The summed E-state index contributed by atoms with van der Waals surface area (Å²) in [5, 5.41) is 0. The summed E-state index contributed by atoms with van der Waals surface area (Å²) in [6.45, 7) is 4.19. The number of hydrogen-bond acceptors (Lipinski definition) is 2. The molecule has 1 aromatic rings. The average molecular weight is 150 g/mol. The molecule has 0 aromatic heterocycles. The molecular weight excluding hydrogens is 140 g/mol. The van der Waals surface area contributed by atoms with Crippen molar-refractivity contribution < 1.29 is 9.59 Å². The number of benzene rings is 1. The largest absolute Gasteiger partial charge is 0.373 e. The molecule has 0 fully saturated rings.